The normalized spacial score (nSPS) is 21.7. The average molecular weight is 213 g/mol. The van der Waals surface area contributed by atoms with Crippen molar-refractivity contribution < 1.29 is 14.6 Å². The third-order valence-corrected chi connectivity index (χ3v) is 2.27. The molecule has 1 N–H and O–H groups in total. The van der Waals surface area contributed by atoms with E-state index in [1.54, 1.807) is 11.9 Å². The first-order chi connectivity index (χ1) is 7.20. The molecule has 1 unspecified atom stereocenters. The molecule has 15 heavy (non-hydrogen) atoms. The van der Waals surface area contributed by atoms with Gasteiger partial charge in [-0.1, -0.05) is 5.10 Å². The van der Waals surface area contributed by atoms with E-state index in [4.69, 9.17) is 9.84 Å². The third kappa shape index (κ3) is 1.75. The van der Waals surface area contributed by atoms with Gasteiger partial charge in [-0.2, -0.15) is 0 Å². The zero-order chi connectivity index (χ0) is 10.8. The third-order valence-electron chi connectivity index (χ3n) is 2.27. The van der Waals surface area contributed by atoms with Crippen LogP contribution in [0.4, 0.5) is 5.95 Å². The first-order valence-electron chi connectivity index (χ1n) is 4.49. The summed E-state index contributed by atoms with van der Waals surface area (Å²) in [5, 5.41) is 19.9. The number of nitrogens with zero attached hydrogens (tertiary/aromatic N) is 5. The molecular formula is C7H11N5O3. The summed E-state index contributed by atoms with van der Waals surface area (Å²) >= 11 is 0. The number of aromatic nitrogens is 4. The molecule has 2 heterocycles. The van der Waals surface area contributed by atoms with E-state index >= 15 is 0 Å². The van der Waals surface area contributed by atoms with Gasteiger partial charge >= 0.3 is 5.97 Å². The quantitative estimate of drug-likeness (QED) is 0.638. The summed E-state index contributed by atoms with van der Waals surface area (Å²) in [6, 6.07) is -0.719. The van der Waals surface area contributed by atoms with Gasteiger partial charge in [0.2, 0.25) is 5.95 Å². The maximum absolute atomic E-state index is 11.0. The lowest BCUT2D eigenvalue weighted by Gasteiger charge is -2.32. The van der Waals surface area contributed by atoms with Gasteiger partial charge in [0.25, 0.3) is 0 Å². The van der Waals surface area contributed by atoms with E-state index < -0.39 is 12.0 Å². The summed E-state index contributed by atoms with van der Waals surface area (Å²) in [5.74, 6) is -0.483. The van der Waals surface area contributed by atoms with Gasteiger partial charge < -0.3 is 14.7 Å². The largest absolute Gasteiger partial charge is 0.480 e. The van der Waals surface area contributed by atoms with Crippen molar-refractivity contribution in [2.75, 3.05) is 24.7 Å². The van der Waals surface area contributed by atoms with Crippen LogP contribution in [0.25, 0.3) is 0 Å². The minimum Gasteiger partial charge on any atom is -0.480 e. The van der Waals surface area contributed by atoms with E-state index in [0.717, 1.165) is 0 Å². The van der Waals surface area contributed by atoms with Crippen LogP contribution in [0.15, 0.2) is 0 Å². The summed E-state index contributed by atoms with van der Waals surface area (Å²) < 4.78 is 6.56. The highest BCUT2D eigenvalue weighted by Crippen LogP contribution is 2.15. The average Bonchev–Trinajstić information content (AvgIpc) is 2.64. The molecule has 1 atom stereocenters. The minimum absolute atomic E-state index is 0.155. The summed E-state index contributed by atoms with van der Waals surface area (Å²) in [6.45, 7) is 1.12. The molecule has 1 aromatic rings. The molecule has 0 spiro atoms. The molecule has 0 amide bonds. The zero-order valence-corrected chi connectivity index (χ0v) is 8.20. The van der Waals surface area contributed by atoms with Gasteiger partial charge in [0.05, 0.1) is 13.2 Å². The molecule has 0 aliphatic carbocycles. The summed E-state index contributed by atoms with van der Waals surface area (Å²) in [6.07, 6.45) is 0. The van der Waals surface area contributed by atoms with Gasteiger partial charge in [0.15, 0.2) is 6.04 Å². The van der Waals surface area contributed by atoms with Gasteiger partial charge in [-0.05, 0) is 10.4 Å². The van der Waals surface area contributed by atoms with Crippen molar-refractivity contribution in [1.29, 1.82) is 0 Å². The van der Waals surface area contributed by atoms with Gasteiger partial charge in [-0.3, -0.25) is 0 Å². The van der Waals surface area contributed by atoms with Gasteiger partial charge in [-0.15, -0.1) is 0 Å². The second kappa shape index (κ2) is 3.81. The molecule has 1 aromatic heterocycles. The van der Waals surface area contributed by atoms with Gasteiger partial charge in [0, 0.05) is 13.6 Å². The summed E-state index contributed by atoms with van der Waals surface area (Å²) in [5.41, 5.74) is 0. The van der Waals surface area contributed by atoms with Crippen molar-refractivity contribution in [3.8, 4) is 0 Å². The van der Waals surface area contributed by atoms with Crippen LogP contribution in [0.5, 0.6) is 0 Å². The number of morpholine rings is 1. The Morgan fingerprint density at radius 3 is 3.07 bits per heavy atom. The number of aryl methyl sites for hydroxylation is 1. The topological polar surface area (TPSA) is 93.4 Å². The van der Waals surface area contributed by atoms with E-state index in [9.17, 15) is 4.79 Å². The Bertz CT molecular complexity index is 365. The molecule has 1 aliphatic heterocycles. The van der Waals surface area contributed by atoms with Crippen LogP contribution >= 0.6 is 0 Å². The Morgan fingerprint density at radius 1 is 1.67 bits per heavy atom. The number of carboxylic acids is 1. The highest BCUT2D eigenvalue weighted by atomic mass is 16.5. The molecule has 0 saturated carbocycles. The first-order valence-corrected chi connectivity index (χ1v) is 4.49. The smallest absolute Gasteiger partial charge is 0.328 e. The monoisotopic (exact) mass is 213 g/mol. The Morgan fingerprint density at radius 2 is 2.47 bits per heavy atom. The van der Waals surface area contributed by atoms with Crippen LogP contribution in [-0.4, -0.2) is 57.1 Å². The van der Waals surface area contributed by atoms with Crippen molar-refractivity contribution in [2.45, 2.75) is 6.04 Å². The molecule has 0 radical (unpaired) electrons. The van der Waals surface area contributed by atoms with E-state index in [2.05, 4.69) is 15.5 Å². The van der Waals surface area contributed by atoms with Crippen molar-refractivity contribution in [3.05, 3.63) is 0 Å². The molecular weight excluding hydrogens is 202 g/mol. The second-order valence-electron chi connectivity index (χ2n) is 3.22. The van der Waals surface area contributed by atoms with Crippen LogP contribution in [0.1, 0.15) is 0 Å². The molecule has 1 fully saturated rings. The number of anilines is 1. The predicted octanol–water partition coefficient (Wildman–Crippen LogP) is -1.50. The van der Waals surface area contributed by atoms with E-state index in [1.165, 1.54) is 4.68 Å². The highest BCUT2D eigenvalue weighted by molar-refractivity contribution is 5.77. The lowest BCUT2D eigenvalue weighted by molar-refractivity contribution is -0.141. The molecule has 1 aliphatic rings. The van der Waals surface area contributed by atoms with Gasteiger partial charge in [0.1, 0.15) is 0 Å². The maximum atomic E-state index is 11.0. The highest BCUT2D eigenvalue weighted by Gasteiger charge is 2.32. The Hall–Kier alpha value is -1.70. The fraction of sp³-hybridized carbons (Fsp3) is 0.714. The van der Waals surface area contributed by atoms with Crippen LogP contribution < -0.4 is 4.90 Å². The number of hydrogen-bond acceptors (Lipinski definition) is 6. The SMILES string of the molecule is Cn1nnnc1N1CCOCC1C(=O)O. The molecule has 0 aromatic carbocycles. The van der Waals surface area contributed by atoms with Crippen molar-refractivity contribution >= 4 is 11.9 Å². The lowest BCUT2D eigenvalue weighted by Crippen LogP contribution is -2.51. The number of aliphatic carboxylic acids is 1. The summed E-state index contributed by atoms with van der Waals surface area (Å²) in [7, 11) is 1.67. The Balaban J connectivity index is 2.25. The number of carboxylic acid groups (broad SMARTS) is 1. The second-order valence-corrected chi connectivity index (χ2v) is 3.22. The van der Waals surface area contributed by atoms with Crippen molar-refractivity contribution in [1.82, 2.24) is 20.2 Å². The Labute approximate surface area is 85.4 Å². The van der Waals surface area contributed by atoms with Crippen LogP contribution in [0.3, 0.4) is 0 Å². The van der Waals surface area contributed by atoms with Crippen molar-refractivity contribution in [2.24, 2.45) is 7.05 Å². The lowest BCUT2D eigenvalue weighted by atomic mass is 10.2. The summed E-state index contributed by atoms with van der Waals surface area (Å²) in [4.78, 5) is 12.6. The zero-order valence-electron chi connectivity index (χ0n) is 8.20. The number of tetrazole rings is 1. The molecule has 1 saturated heterocycles. The number of carbonyl (C=O) groups is 1. The van der Waals surface area contributed by atoms with Gasteiger partial charge in [-0.25, -0.2) is 9.48 Å². The molecule has 8 nitrogen and oxygen atoms in total. The molecule has 82 valence electrons. The maximum Gasteiger partial charge on any atom is 0.328 e. The van der Waals surface area contributed by atoms with E-state index in [0.29, 0.717) is 19.1 Å². The number of hydrogen-bond donors (Lipinski definition) is 1. The van der Waals surface area contributed by atoms with E-state index in [-0.39, 0.29) is 6.61 Å². The van der Waals surface area contributed by atoms with E-state index in [1.807, 2.05) is 0 Å². The minimum atomic E-state index is -0.933. The number of ether oxygens (including phenoxy) is 1. The molecule has 2 rings (SSSR count). The first kappa shape index (κ1) is 9.84. The standard InChI is InChI=1S/C7H11N5O3/c1-11-7(8-9-10-11)12-2-3-15-4-5(12)6(13)14/h5H,2-4H2,1H3,(H,13,14). The molecule has 8 heteroatoms. The fourth-order valence-electron chi connectivity index (χ4n) is 1.52. The predicted molar refractivity (Wildman–Crippen MR) is 48.4 cm³/mol. The van der Waals surface area contributed by atoms with Crippen molar-refractivity contribution in [3.63, 3.8) is 0 Å². The number of rotatable bonds is 2. The van der Waals surface area contributed by atoms with Crippen LogP contribution in [0.2, 0.25) is 0 Å². The fourth-order valence-corrected chi connectivity index (χ4v) is 1.52. The van der Waals surface area contributed by atoms with Crippen LogP contribution in [-0.2, 0) is 16.6 Å². The molecule has 0 bridgehead atoms. The Kier molecular flexibility index (Phi) is 2.50. The van der Waals surface area contributed by atoms with Crippen LogP contribution in [0, 0.1) is 0 Å².